The van der Waals surface area contributed by atoms with Crippen LogP contribution in [-0.2, 0) is 6.54 Å². The Balaban J connectivity index is 2.00. The van der Waals surface area contributed by atoms with Gasteiger partial charge >= 0.3 is 0 Å². The molecule has 1 atom stereocenters. The Morgan fingerprint density at radius 3 is 2.85 bits per heavy atom. The zero-order chi connectivity index (χ0) is 9.42. The molecule has 1 saturated carbocycles. The van der Waals surface area contributed by atoms with Crippen LogP contribution in [0.2, 0.25) is 0 Å². The number of nitrogens with two attached hydrogens (primary N) is 1. The van der Waals surface area contributed by atoms with Crippen molar-refractivity contribution in [1.82, 2.24) is 9.78 Å². The SMILES string of the molecule is Cc1cn(CC(C)C2CC2)nc1N. The highest BCUT2D eigenvalue weighted by atomic mass is 15.3. The fraction of sp³-hybridized carbons (Fsp3) is 0.700. The summed E-state index contributed by atoms with van der Waals surface area (Å²) in [6.45, 7) is 5.31. The van der Waals surface area contributed by atoms with Crippen molar-refractivity contribution in [3.8, 4) is 0 Å². The molecule has 1 aliphatic rings. The number of hydrogen-bond donors (Lipinski definition) is 1. The van der Waals surface area contributed by atoms with Gasteiger partial charge in [-0.25, -0.2) is 0 Å². The van der Waals surface area contributed by atoms with Crippen molar-refractivity contribution < 1.29 is 0 Å². The predicted octanol–water partition coefficient (Wildman–Crippen LogP) is 1.82. The van der Waals surface area contributed by atoms with E-state index < -0.39 is 0 Å². The second-order valence-electron chi connectivity index (χ2n) is 4.23. The summed E-state index contributed by atoms with van der Waals surface area (Å²) in [5.41, 5.74) is 6.76. The van der Waals surface area contributed by atoms with Gasteiger partial charge in [0.25, 0.3) is 0 Å². The van der Waals surface area contributed by atoms with Crippen LogP contribution in [0.25, 0.3) is 0 Å². The second-order valence-corrected chi connectivity index (χ2v) is 4.23. The topological polar surface area (TPSA) is 43.8 Å². The Morgan fingerprint density at radius 2 is 2.38 bits per heavy atom. The maximum Gasteiger partial charge on any atom is 0.148 e. The molecule has 1 heterocycles. The van der Waals surface area contributed by atoms with Gasteiger partial charge < -0.3 is 5.73 Å². The highest BCUT2D eigenvalue weighted by molar-refractivity contribution is 5.35. The molecular formula is C10H17N3. The molecule has 72 valence electrons. The van der Waals surface area contributed by atoms with Crippen LogP contribution in [0.1, 0.15) is 25.3 Å². The lowest BCUT2D eigenvalue weighted by atomic mass is 10.1. The fourth-order valence-corrected chi connectivity index (χ4v) is 1.74. The Hall–Kier alpha value is -0.990. The lowest BCUT2D eigenvalue weighted by molar-refractivity contribution is 0.407. The molecule has 1 unspecified atom stereocenters. The third-order valence-electron chi connectivity index (χ3n) is 2.88. The van der Waals surface area contributed by atoms with Gasteiger partial charge in [-0.1, -0.05) is 6.92 Å². The van der Waals surface area contributed by atoms with Gasteiger partial charge in [0.2, 0.25) is 0 Å². The van der Waals surface area contributed by atoms with Gasteiger partial charge in [-0.05, 0) is 31.6 Å². The summed E-state index contributed by atoms with van der Waals surface area (Å²) in [4.78, 5) is 0. The van der Waals surface area contributed by atoms with Gasteiger partial charge in [0.05, 0.1) is 0 Å². The Kier molecular flexibility index (Phi) is 2.02. The number of rotatable bonds is 3. The van der Waals surface area contributed by atoms with Crippen molar-refractivity contribution in [1.29, 1.82) is 0 Å². The first-order valence-electron chi connectivity index (χ1n) is 4.96. The average molecular weight is 179 g/mol. The van der Waals surface area contributed by atoms with Gasteiger partial charge in [0.15, 0.2) is 0 Å². The van der Waals surface area contributed by atoms with Crippen molar-refractivity contribution in [3.63, 3.8) is 0 Å². The summed E-state index contributed by atoms with van der Waals surface area (Å²) in [7, 11) is 0. The van der Waals surface area contributed by atoms with E-state index in [0.29, 0.717) is 5.82 Å². The first-order valence-corrected chi connectivity index (χ1v) is 4.96. The van der Waals surface area contributed by atoms with E-state index in [9.17, 15) is 0 Å². The summed E-state index contributed by atoms with van der Waals surface area (Å²) in [6.07, 6.45) is 4.84. The van der Waals surface area contributed by atoms with E-state index in [4.69, 9.17) is 5.73 Å². The molecule has 0 radical (unpaired) electrons. The second kappa shape index (κ2) is 3.05. The fourth-order valence-electron chi connectivity index (χ4n) is 1.74. The molecule has 1 aromatic heterocycles. The zero-order valence-electron chi connectivity index (χ0n) is 8.33. The lowest BCUT2D eigenvalue weighted by Crippen LogP contribution is -2.09. The molecule has 0 saturated heterocycles. The summed E-state index contributed by atoms with van der Waals surface area (Å²) in [5.74, 6) is 2.35. The smallest absolute Gasteiger partial charge is 0.148 e. The molecule has 0 amide bonds. The van der Waals surface area contributed by atoms with Crippen molar-refractivity contribution in [2.75, 3.05) is 5.73 Å². The van der Waals surface area contributed by atoms with Crippen LogP contribution in [0.15, 0.2) is 6.20 Å². The summed E-state index contributed by atoms with van der Waals surface area (Å²) in [6, 6.07) is 0. The highest BCUT2D eigenvalue weighted by Crippen LogP contribution is 2.37. The van der Waals surface area contributed by atoms with Crippen LogP contribution in [0.3, 0.4) is 0 Å². The lowest BCUT2D eigenvalue weighted by Gasteiger charge is -2.08. The van der Waals surface area contributed by atoms with Gasteiger partial charge in [-0.15, -0.1) is 0 Å². The Bertz CT molecular complexity index is 280. The molecule has 0 aliphatic heterocycles. The molecule has 1 aliphatic carbocycles. The first-order chi connectivity index (χ1) is 6.16. The van der Waals surface area contributed by atoms with Crippen molar-refractivity contribution in [3.05, 3.63) is 11.8 Å². The van der Waals surface area contributed by atoms with Crippen LogP contribution >= 0.6 is 0 Å². The van der Waals surface area contributed by atoms with Gasteiger partial charge in [0.1, 0.15) is 5.82 Å². The summed E-state index contributed by atoms with van der Waals surface area (Å²) >= 11 is 0. The average Bonchev–Trinajstić information content (AvgIpc) is 2.81. The minimum Gasteiger partial charge on any atom is -0.382 e. The standard InChI is InChI=1S/C10H17N3/c1-7(9-3-4-9)5-13-6-8(2)10(11)12-13/h6-7,9H,3-5H2,1-2H3,(H2,11,12). The molecule has 1 aromatic rings. The maximum absolute atomic E-state index is 5.68. The molecule has 3 nitrogen and oxygen atoms in total. The minimum atomic E-state index is 0.669. The van der Waals surface area contributed by atoms with Crippen LogP contribution in [0.4, 0.5) is 5.82 Å². The number of anilines is 1. The molecule has 1 fully saturated rings. The largest absolute Gasteiger partial charge is 0.382 e. The molecular weight excluding hydrogens is 162 g/mol. The molecule has 2 N–H and O–H groups in total. The third-order valence-corrected chi connectivity index (χ3v) is 2.88. The maximum atomic E-state index is 5.68. The number of nitrogen functional groups attached to an aromatic ring is 1. The normalized spacial score (nSPS) is 18.9. The highest BCUT2D eigenvalue weighted by Gasteiger charge is 2.28. The Labute approximate surface area is 78.9 Å². The van der Waals surface area contributed by atoms with Gasteiger partial charge in [-0.3, -0.25) is 4.68 Å². The predicted molar refractivity (Wildman–Crippen MR) is 53.3 cm³/mol. The molecule has 0 bridgehead atoms. The zero-order valence-corrected chi connectivity index (χ0v) is 8.33. The van der Waals surface area contributed by atoms with E-state index in [1.54, 1.807) is 0 Å². The number of hydrogen-bond acceptors (Lipinski definition) is 2. The Morgan fingerprint density at radius 1 is 1.69 bits per heavy atom. The van der Waals surface area contributed by atoms with Crippen molar-refractivity contribution >= 4 is 5.82 Å². The van der Waals surface area contributed by atoms with Crippen LogP contribution in [0, 0.1) is 18.8 Å². The molecule has 0 aromatic carbocycles. The van der Waals surface area contributed by atoms with Gasteiger partial charge in [0, 0.05) is 18.3 Å². The monoisotopic (exact) mass is 179 g/mol. The quantitative estimate of drug-likeness (QED) is 0.769. The van der Waals surface area contributed by atoms with Crippen molar-refractivity contribution in [2.24, 2.45) is 11.8 Å². The van der Waals surface area contributed by atoms with Crippen LogP contribution < -0.4 is 5.73 Å². The van der Waals surface area contributed by atoms with E-state index >= 15 is 0 Å². The molecule has 13 heavy (non-hydrogen) atoms. The number of aryl methyl sites for hydroxylation is 1. The molecule has 2 rings (SSSR count). The van der Waals surface area contributed by atoms with E-state index in [1.807, 2.05) is 17.8 Å². The third kappa shape index (κ3) is 1.85. The first kappa shape index (κ1) is 8.60. The van der Waals surface area contributed by atoms with Crippen LogP contribution in [-0.4, -0.2) is 9.78 Å². The van der Waals surface area contributed by atoms with E-state index in [2.05, 4.69) is 12.0 Å². The van der Waals surface area contributed by atoms with Crippen molar-refractivity contribution in [2.45, 2.75) is 33.2 Å². The van der Waals surface area contributed by atoms with E-state index in [1.165, 1.54) is 12.8 Å². The minimum absolute atomic E-state index is 0.669. The van der Waals surface area contributed by atoms with E-state index in [-0.39, 0.29) is 0 Å². The molecule has 0 spiro atoms. The molecule has 3 heteroatoms. The number of aromatic nitrogens is 2. The number of nitrogens with zero attached hydrogens (tertiary/aromatic N) is 2. The van der Waals surface area contributed by atoms with E-state index in [0.717, 1.165) is 23.9 Å². The summed E-state index contributed by atoms with van der Waals surface area (Å²) in [5, 5.41) is 4.25. The summed E-state index contributed by atoms with van der Waals surface area (Å²) < 4.78 is 1.98. The van der Waals surface area contributed by atoms with Crippen LogP contribution in [0.5, 0.6) is 0 Å². The van der Waals surface area contributed by atoms with Gasteiger partial charge in [-0.2, -0.15) is 5.10 Å².